The first-order chi connectivity index (χ1) is 14.5. The molecule has 0 aliphatic heterocycles. The van der Waals surface area contributed by atoms with Crippen LogP contribution < -0.4 is 16.2 Å². The van der Waals surface area contributed by atoms with Crippen LogP contribution in [0.1, 0.15) is 33.0 Å². The third-order valence-corrected chi connectivity index (χ3v) is 5.55. The van der Waals surface area contributed by atoms with Crippen LogP contribution in [0.25, 0.3) is 0 Å². The average Bonchev–Trinajstić information content (AvgIpc) is 2.76. The normalized spacial score (nSPS) is 10.4. The molecule has 0 bridgehead atoms. The third-order valence-electron chi connectivity index (χ3n) is 4.49. The Morgan fingerprint density at radius 2 is 1.43 bits per heavy atom. The highest BCUT2D eigenvalue weighted by atomic mass is 79.9. The molecule has 2 amide bonds. The van der Waals surface area contributed by atoms with E-state index in [-0.39, 0.29) is 16.9 Å². The van der Waals surface area contributed by atoms with Crippen LogP contribution in [0, 0.1) is 6.92 Å². The minimum Gasteiger partial charge on any atom is -0.298 e. The van der Waals surface area contributed by atoms with Gasteiger partial charge >= 0.3 is 0 Å². The fourth-order valence-electron chi connectivity index (χ4n) is 2.92. The maximum absolute atomic E-state index is 12.9. The number of hydrogen-bond acceptors (Lipinski definition) is 3. The van der Waals surface area contributed by atoms with E-state index >= 15 is 0 Å². The van der Waals surface area contributed by atoms with E-state index in [1.165, 1.54) is 0 Å². The van der Waals surface area contributed by atoms with Crippen molar-refractivity contribution in [3.8, 4) is 0 Å². The van der Waals surface area contributed by atoms with Crippen molar-refractivity contribution in [1.82, 2.24) is 16.2 Å². The summed E-state index contributed by atoms with van der Waals surface area (Å²) in [6.45, 7) is 1.93. The lowest BCUT2D eigenvalue weighted by molar-refractivity contribution is -0.122. The maximum Gasteiger partial charge on any atom is 0.257 e. The number of halogens is 1. The summed E-state index contributed by atoms with van der Waals surface area (Å²) in [7, 11) is 0. The summed E-state index contributed by atoms with van der Waals surface area (Å²) in [5.41, 5.74) is 8.39. The topological polar surface area (TPSA) is 70.2 Å². The quantitative estimate of drug-likeness (QED) is 0.385. The van der Waals surface area contributed by atoms with E-state index in [2.05, 4.69) is 32.1 Å². The summed E-state index contributed by atoms with van der Waals surface area (Å²) in [6.07, 6.45) is 0. The first-order valence-electron chi connectivity index (χ1n) is 9.23. The summed E-state index contributed by atoms with van der Waals surface area (Å²) < 4.78 is 0.830. The van der Waals surface area contributed by atoms with Gasteiger partial charge in [0.1, 0.15) is 0 Å². The average molecular weight is 482 g/mol. The predicted octanol–water partition coefficient (Wildman–Crippen LogP) is 4.23. The summed E-state index contributed by atoms with van der Waals surface area (Å²) in [5.74, 6) is -1.18. The van der Waals surface area contributed by atoms with Gasteiger partial charge in [0, 0.05) is 10.0 Å². The van der Waals surface area contributed by atoms with Crippen molar-refractivity contribution in [2.75, 3.05) is 0 Å². The summed E-state index contributed by atoms with van der Waals surface area (Å²) in [5, 5.41) is 2.57. The molecule has 3 N–H and O–H groups in total. The van der Waals surface area contributed by atoms with Crippen molar-refractivity contribution in [3.63, 3.8) is 0 Å². The van der Waals surface area contributed by atoms with Crippen LogP contribution in [0.5, 0.6) is 0 Å². The van der Waals surface area contributed by atoms with Crippen molar-refractivity contribution in [2.45, 2.75) is 12.8 Å². The number of hydrogen-bond donors (Lipinski definition) is 3. The number of benzene rings is 3. The lowest BCUT2D eigenvalue weighted by atomic mass is 9.91. The molecule has 0 aliphatic carbocycles. The van der Waals surface area contributed by atoms with E-state index < -0.39 is 5.92 Å². The van der Waals surface area contributed by atoms with Crippen molar-refractivity contribution < 1.29 is 9.59 Å². The van der Waals surface area contributed by atoms with Gasteiger partial charge in [0.15, 0.2) is 5.11 Å². The van der Waals surface area contributed by atoms with E-state index in [0.29, 0.717) is 5.56 Å². The van der Waals surface area contributed by atoms with E-state index in [9.17, 15) is 9.59 Å². The van der Waals surface area contributed by atoms with Crippen molar-refractivity contribution >= 4 is 45.1 Å². The molecular formula is C23H20BrN3O2S. The monoisotopic (exact) mass is 481 g/mol. The highest BCUT2D eigenvalue weighted by molar-refractivity contribution is 9.10. The van der Waals surface area contributed by atoms with Crippen LogP contribution in [0.4, 0.5) is 0 Å². The second-order valence-corrected chi connectivity index (χ2v) is 7.88. The second kappa shape index (κ2) is 10.1. The molecule has 0 saturated heterocycles. The third kappa shape index (κ3) is 5.52. The molecule has 30 heavy (non-hydrogen) atoms. The number of carbonyl (C=O) groups is 2. The van der Waals surface area contributed by atoms with Crippen LogP contribution in [-0.4, -0.2) is 16.9 Å². The molecule has 0 spiro atoms. The highest BCUT2D eigenvalue weighted by Crippen LogP contribution is 2.24. The zero-order valence-corrected chi connectivity index (χ0v) is 18.6. The van der Waals surface area contributed by atoms with Gasteiger partial charge in [0.25, 0.3) is 5.91 Å². The molecule has 152 valence electrons. The van der Waals surface area contributed by atoms with Gasteiger partial charge in [-0.05, 0) is 48.0 Å². The van der Waals surface area contributed by atoms with Crippen LogP contribution in [-0.2, 0) is 4.79 Å². The number of rotatable bonds is 4. The molecule has 0 unspecified atom stereocenters. The molecular weight excluding hydrogens is 462 g/mol. The molecule has 0 aromatic heterocycles. The van der Waals surface area contributed by atoms with Crippen molar-refractivity contribution in [2.24, 2.45) is 0 Å². The highest BCUT2D eigenvalue weighted by Gasteiger charge is 2.22. The lowest BCUT2D eigenvalue weighted by Gasteiger charge is -2.19. The molecule has 5 nitrogen and oxygen atoms in total. The van der Waals surface area contributed by atoms with Crippen molar-refractivity contribution in [3.05, 3.63) is 106 Å². The van der Waals surface area contributed by atoms with E-state index in [4.69, 9.17) is 12.2 Å². The molecule has 0 fully saturated rings. The van der Waals surface area contributed by atoms with Gasteiger partial charge in [0.05, 0.1) is 5.92 Å². The molecule has 0 atom stereocenters. The van der Waals surface area contributed by atoms with Gasteiger partial charge in [-0.3, -0.25) is 25.8 Å². The standard InChI is InChI=1S/C23H20BrN3O2S/c1-15-12-13-18(14-19(15)24)21(28)25-23(30)27-26-22(29)20(16-8-4-2-5-9-16)17-10-6-3-7-11-17/h2-14,20H,1H3,(H,26,29)(H2,25,27,28,30). The first kappa shape index (κ1) is 21.7. The Labute approximate surface area is 189 Å². The fourth-order valence-corrected chi connectivity index (χ4v) is 3.44. The van der Waals surface area contributed by atoms with Crippen LogP contribution in [0.2, 0.25) is 0 Å². The number of thiocarbonyl (C=S) groups is 1. The number of nitrogens with one attached hydrogen (secondary N) is 3. The Morgan fingerprint density at radius 1 is 0.867 bits per heavy atom. The SMILES string of the molecule is Cc1ccc(C(=O)NC(=S)NNC(=O)C(c2ccccc2)c2ccccc2)cc1Br. The minimum absolute atomic E-state index is 0.00456. The predicted molar refractivity (Wildman–Crippen MR) is 125 cm³/mol. The first-order valence-corrected chi connectivity index (χ1v) is 10.4. The van der Waals surface area contributed by atoms with Gasteiger partial charge in [-0.25, -0.2) is 0 Å². The second-order valence-electron chi connectivity index (χ2n) is 6.62. The minimum atomic E-state index is -0.522. The Balaban J connectivity index is 1.65. The molecule has 0 radical (unpaired) electrons. The van der Waals surface area contributed by atoms with Crippen LogP contribution >= 0.6 is 28.1 Å². The van der Waals surface area contributed by atoms with E-state index in [1.807, 2.05) is 73.7 Å². The lowest BCUT2D eigenvalue weighted by Crippen LogP contribution is -2.49. The van der Waals surface area contributed by atoms with Gasteiger partial charge in [-0.2, -0.15) is 0 Å². The molecule has 7 heteroatoms. The Hall–Kier alpha value is -3.03. The number of hydrazine groups is 1. The Bertz CT molecular complexity index is 1020. The zero-order valence-electron chi connectivity index (χ0n) is 16.2. The smallest absolute Gasteiger partial charge is 0.257 e. The molecule has 0 saturated carbocycles. The van der Waals surface area contributed by atoms with Gasteiger partial charge in [-0.15, -0.1) is 0 Å². The molecule has 3 aromatic carbocycles. The Morgan fingerprint density at radius 3 is 1.97 bits per heavy atom. The van der Waals surface area contributed by atoms with Crippen LogP contribution in [0.3, 0.4) is 0 Å². The Kier molecular flexibility index (Phi) is 7.32. The van der Waals surface area contributed by atoms with Crippen LogP contribution in [0.15, 0.2) is 83.3 Å². The molecule has 0 heterocycles. The molecule has 3 aromatic rings. The number of aryl methyl sites for hydroxylation is 1. The molecule has 3 rings (SSSR count). The van der Waals surface area contributed by atoms with Gasteiger partial charge in [0.2, 0.25) is 5.91 Å². The van der Waals surface area contributed by atoms with Crippen molar-refractivity contribution in [1.29, 1.82) is 0 Å². The summed E-state index contributed by atoms with van der Waals surface area (Å²) >= 11 is 8.56. The van der Waals surface area contributed by atoms with Gasteiger partial charge < -0.3 is 0 Å². The summed E-state index contributed by atoms with van der Waals surface area (Å²) in [6, 6.07) is 24.2. The maximum atomic E-state index is 12.9. The van der Waals surface area contributed by atoms with Gasteiger partial charge in [-0.1, -0.05) is 82.7 Å². The number of carbonyl (C=O) groups excluding carboxylic acids is 2. The molecule has 0 aliphatic rings. The largest absolute Gasteiger partial charge is 0.298 e. The fraction of sp³-hybridized carbons (Fsp3) is 0.0870. The number of amides is 2. The zero-order chi connectivity index (χ0) is 21.5. The van der Waals surface area contributed by atoms with E-state index in [1.54, 1.807) is 12.1 Å². The van der Waals surface area contributed by atoms with E-state index in [0.717, 1.165) is 21.2 Å². The summed E-state index contributed by atoms with van der Waals surface area (Å²) in [4.78, 5) is 25.3.